The van der Waals surface area contributed by atoms with Gasteiger partial charge in [-0.3, -0.25) is 4.90 Å². The Morgan fingerprint density at radius 1 is 1.05 bits per heavy atom. The molecule has 2 saturated heterocycles. The van der Waals surface area contributed by atoms with E-state index in [1.807, 2.05) is 0 Å². The Hall–Kier alpha value is -1.13. The minimum absolute atomic E-state index is 0.523. The molecule has 1 aromatic rings. The first-order valence-corrected chi connectivity index (χ1v) is 9.14. The SMILES string of the molecule is S=C(Nc1ccc2c(c1)CCC2)N[C@@H]1CCN2CCCC[C@H]12. The average molecular weight is 315 g/mol. The van der Waals surface area contributed by atoms with Crippen molar-refractivity contribution in [2.75, 3.05) is 18.4 Å². The number of fused-ring (bicyclic) bond motifs is 2. The third-order valence-electron chi connectivity index (χ3n) is 5.53. The minimum Gasteiger partial charge on any atom is -0.358 e. The van der Waals surface area contributed by atoms with Crippen LogP contribution in [0, 0.1) is 0 Å². The highest BCUT2D eigenvalue weighted by Crippen LogP contribution is 2.28. The van der Waals surface area contributed by atoms with Crippen molar-refractivity contribution in [1.82, 2.24) is 10.2 Å². The van der Waals surface area contributed by atoms with Gasteiger partial charge in [0.1, 0.15) is 0 Å². The highest BCUT2D eigenvalue weighted by Gasteiger charge is 2.35. The quantitative estimate of drug-likeness (QED) is 0.820. The second-order valence-electron chi connectivity index (χ2n) is 6.93. The topological polar surface area (TPSA) is 27.3 Å². The number of rotatable bonds is 2. The van der Waals surface area contributed by atoms with E-state index in [-0.39, 0.29) is 0 Å². The Kier molecular flexibility index (Phi) is 4.05. The summed E-state index contributed by atoms with van der Waals surface area (Å²) in [6.45, 7) is 2.50. The molecule has 3 nitrogen and oxygen atoms in total. The maximum absolute atomic E-state index is 5.55. The summed E-state index contributed by atoms with van der Waals surface area (Å²) >= 11 is 5.55. The van der Waals surface area contributed by atoms with Gasteiger partial charge in [0.15, 0.2) is 5.11 Å². The lowest BCUT2D eigenvalue weighted by Gasteiger charge is -2.33. The van der Waals surface area contributed by atoms with Crippen LogP contribution in [-0.2, 0) is 12.8 Å². The number of aryl methyl sites for hydroxylation is 2. The van der Waals surface area contributed by atoms with Crippen molar-refractivity contribution >= 4 is 23.0 Å². The minimum atomic E-state index is 0.523. The van der Waals surface area contributed by atoms with E-state index in [0.29, 0.717) is 12.1 Å². The van der Waals surface area contributed by atoms with E-state index in [1.165, 1.54) is 69.2 Å². The number of hydrogen-bond acceptors (Lipinski definition) is 2. The molecule has 118 valence electrons. The lowest BCUT2D eigenvalue weighted by Crippen LogP contribution is -2.47. The van der Waals surface area contributed by atoms with Crippen molar-refractivity contribution in [2.45, 2.75) is 57.0 Å². The average Bonchev–Trinajstić information content (AvgIpc) is 3.14. The number of benzene rings is 1. The summed E-state index contributed by atoms with van der Waals surface area (Å²) in [6.07, 6.45) is 9.00. The predicted molar refractivity (Wildman–Crippen MR) is 95.4 cm³/mol. The third kappa shape index (κ3) is 2.86. The molecule has 2 atom stereocenters. The van der Waals surface area contributed by atoms with Crippen LogP contribution in [0.5, 0.6) is 0 Å². The Labute approximate surface area is 138 Å². The molecule has 2 heterocycles. The van der Waals surface area contributed by atoms with Gasteiger partial charge in [-0.05, 0) is 80.5 Å². The van der Waals surface area contributed by atoms with E-state index in [1.54, 1.807) is 0 Å². The van der Waals surface area contributed by atoms with Gasteiger partial charge in [-0.25, -0.2) is 0 Å². The fourth-order valence-electron chi connectivity index (χ4n) is 4.40. The molecule has 0 spiro atoms. The van der Waals surface area contributed by atoms with E-state index >= 15 is 0 Å². The van der Waals surface area contributed by atoms with Crippen LogP contribution >= 0.6 is 12.2 Å². The predicted octanol–water partition coefficient (Wildman–Crippen LogP) is 3.09. The van der Waals surface area contributed by atoms with Gasteiger partial charge in [-0.2, -0.15) is 0 Å². The van der Waals surface area contributed by atoms with Crippen molar-refractivity contribution in [3.63, 3.8) is 0 Å². The Bertz CT molecular complexity index is 571. The van der Waals surface area contributed by atoms with E-state index in [0.717, 1.165) is 10.8 Å². The second-order valence-corrected chi connectivity index (χ2v) is 7.34. The van der Waals surface area contributed by atoms with Crippen LogP contribution in [-0.4, -0.2) is 35.2 Å². The Balaban J connectivity index is 1.36. The molecule has 3 aliphatic rings. The van der Waals surface area contributed by atoms with Crippen LogP contribution in [0.1, 0.15) is 43.2 Å². The number of nitrogens with one attached hydrogen (secondary N) is 2. The first kappa shape index (κ1) is 14.5. The summed E-state index contributed by atoms with van der Waals surface area (Å²) < 4.78 is 0. The van der Waals surface area contributed by atoms with Crippen LogP contribution in [0.2, 0.25) is 0 Å². The molecule has 0 unspecified atom stereocenters. The maximum Gasteiger partial charge on any atom is 0.171 e. The Morgan fingerprint density at radius 3 is 2.91 bits per heavy atom. The van der Waals surface area contributed by atoms with Crippen molar-refractivity contribution in [2.24, 2.45) is 0 Å². The van der Waals surface area contributed by atoms with E-state index in [9.17, 15) is 0 Å². The van der Waals surface area contributed by atoms with Crippen LogP contribution in [0.15, 0.2) is 18.2 Å². The summed E-state index contributed by atoms with van der Waals surface area (Å²) in [7, 11) is 0. The van der Waals surface area contributed by atoms with Gasteiger partial charge in [0.2, 0.25) is 0 Å². The largest absolute Gasteiger partial charge is 0.358 e. The molecule has 1 aromatic carbocycles. The molecule has 22 heavy (non-hydrogen) atoms. The van der Waals surface area contributed by atoms with E-state index < -0.39 is 0 Å². The van der Waals surface area contributed by atoms with Crippen LogP contribution in [0.25, 0.3) is 0 Å². The van der Waals surface area contributed by atoms with E-state index in [2.05, 4.69) is 33.7 Å². The zero-order valence-corrected chi connectivity index (χ0v) is 13.9. The molecule has 0 saturated carbocycles. The van der Waals surface area contributed by atoms with Gasteiger partial charge in [0.25, 0.3) is 0 Å². The normalized spacial score (nSPS) is 27.3. The maximum atomic E-state index is 5.55. The standard InChI is InChI=1S/C18H25N3S/c22-18(19-15-8-7-13-4-3-5-14(13)12-15)20-16-9-11-21-10-2-1-6-17(16)21/h7-8,12,16-17H,1-6,9-11H2,(H2,19,20,22)/t16-,17-/m1/s1. The van der Waals surface area contributed by atoms with Gasteiger partial charge in [0, 0.05) is 24.3 Å². The van der Waals surface area contributed by atoms with Crippen molar-refractivity contribution in [3.05, 3.63) is 29.3 Å². The van der Waals surface area contributed by atoms with Gasteiger partial charge in [-0.1, -0.05) is 12.5 Å². The molecular formula is C18H25N3S. The van der Waals surface area contributed by atoms with Crippen LogP contribution in [0.4, 0.5) is 5.69 Å². The number of anilines is 1. The lowest BCUT2D eigenvalue weighted by molar-refractivity contribution is 0.185. The molecular weight excluding hydrogens is 290 g/mol. The molecule has 0 bridgehead atoms. The highest BCUT2D eigenvalue weighted by molar-refractivity contribution is 7.80. The summed E-state index contributed by atoms with van der Waals surface area (Å²) in [5, 5.41) is 7.76. The van der Waals surface area contributed by atoms with Gasteiger partial charge >= 0.3 is 0 Å². The van der Waals surface area contributed by atoms with Crippen molar-refractivity contribution in [3.8, 4) is 0 Å². The van der Waals surface area contributed by atoms with Crippen molar-refractivity contribution < 1.29 is 0 Å². The highest BCUT2D eigenvalue weighted by atomic mass is 32.1. The fourth-order valence-corrected chi connectivity index (χ4v) is 4.67. The summed E-state index contributed by atoms with van der Waals surface area (Å²) in [4.78, 5) is 2.64. The van der Waals surface area contributed by atoms with E-state index in [4.69, 9.17) is 12.2 Å². The number of hydrogen-bond donors (Lipinski definition) is 2. The molecule has 4 rings (SSSR count). The molecule has 0 radical (unpaired) electrons. The number of piperidine rings is 1. The first-order valence-electron chi connectivity index (χ1n) is 8.73. The third-order valence-corrected chi connectivity index (χ3v) is 5.75. The Morgan fingerprint density at radius 2 is 1.95 bits per heavy atom. The fraction of sp³-hybridized carbons (Fsp3) is 0.611. The first-order chi connectivity index (χ1) is 10.8. The second kappa shape index (κ2) is 6.17. The lowest BCUT2D eigenvalue weighted by atomic mass is 9.99. The van der Waals surface area contributed by atoms with Gasteiger partial charge < -0.3 is 10.6 Å². The molecule has 4 heteroatoms. The summed E-state index contributed by atoms with van der Waals surface area (Å²) in [5.74, 6) is 0. The summed E-state index contributed by atoms with van der Waals surface area (Å²) in [6, 6.07) is 7.91. The molecule has 1 aliphatic carbocycles. The molecule has 2 aliphatic heterocycles. The molecule has 2 fully saturated rings. The zero-order chi connectivity index (χ0) is 14.9. The van der Waals surface area contributed by atoms with Crippen LogP contribution in [0.3, 0.4) is 0 Å². The molecule has 0 amide bonds. The smallest absolute Gasteiger partial charge is 0.171 e. The van der Waals surface area contributed by atoms with Crippen molar-refractivity contribution in [1.29, 1.82) is 0 Å². The number of nitrogens with zero attached hydrogens (tertiary/aromatic N) is 1. The monoisotopic (exact) mass is 315 g/mol. The molecule has 2 N–H and O–H groups in total. The zero-order valence-electron chi connectivity index (χ0n) is 13.1. The number of thiocarbonyl (C=S) groups is 1. The molecule has 0 aromatic heterocycles. The summed E-state index contributed by atoms with van der Waals surface area (Å²) in [5.41, 5.74) is 4.14. The van der Waals surface area contributed by atoms with Gasteiger partial charge in [-0.15, -0.1) is 0 Å². The van der Waals surface area contributed by atoms with Gasteiger partial charge in [0.05, 0.1) is 0 Å². The van der Waals surface area contributed by atoms with Crippen LogP contribution < -0.4 is 10.6 Å².